The van der Waals surface area contributed by atoms with Gasteiger partial charge in [0, 0.05) is 0 Å². The maximum absolute atomic E-state index is 12.6. The Morgan fingerprint density at radius 2 is 1.06 bits per heavy atom. The Hall–Kier alpha value is -0.670. The molecule has 98 valence electrons. The van der Waals surface area contributed by atoms with Gasteiger partial charge in [0.15, 0.2) is 6.04 Å². The van der Waals surface area contributed by atoms with Crippen LogP contribution in [0.2, 0.25) is 0 Å². The molecule has 0 aliphatic carbocycles. The third-order valence-electron chi connectivity index (χ3n) is 1.79. The van der Waals surface area contributed by atoms with Crippen molar-refractivity contribution in [3.05, 3.63) is 0 Å². The highest BCUT2D eigenvalue weighted by molar-refractivity contribution is 5.01. The molecule has 0 aromatic heterocycles. The van der Waals surface area contributed by atoms with Gasteiger partial charge < -0.3 is 5.73 Å². The van der Waals surface area contributed by atoms with Gasteiger partial charge in [0.05, 0.1) is 0 Å². The summed E-state index contributed by atoms with van der Waals surface area (Å²) in [5.74, 6) is -19.0. The van der Waals surface area contributed by atoms with Crippen molar-refractivity contribution in [1.29, 1.82) is 0 Å². The van der Waals surface area contributed by atoms with E-state index in [-0.39, 0.29) is 0 Å². The van der Waals surface area contributed by atoms with Crippen LogP contribution in [0.3, 0.4) is 0 Å². The molecule has 0 fully saturated rings. The maximum Gasteiger partial charge on any atom is 0.460 e. The Morgan fingerprint density at radius 3 is 1.25 bits per heavy atom. The molecule has 0 saturated heterocycles. The van der Waals surface area contributed by atoms with Crippen LogP contribution in [0.1, 0.15) is 6.92 Å². The highest BCUT2D eigenvalue weighted by atomic mass is 19.4. The smallest absolute Gasteiger partial charge is 0.350 e. The molecule has 0 aromatic carbocycles. The van der Waals surface area contributed by atoms with Crippen LogP contribution in [0.15, 0.2) is 0 Å². The second-order valence-electron chi connectivity index (χ2n) is 3.17. The van der Waals surface area contributed by atoms with Gasteiger partial charge in [-0.1, -0.05) is 0 Å². The molecule has 1 unspecified atom stereocenters. The molecule has 0 spiro atoms. The summed E-state index contributed by atoms with van der Waals surface area (Å²) in [5.41, 5.74) is 2.34. The first-order chi connectivity index (χ1) is 6.69. The van der Waals surface area contributed by atoms with Crippen molar-refractivity contribution in [3.63, 3.8) is 0 Å². The fourth-order valence-electron chi connectivity index (χ4n) is 0.697. The summed E-state index contributed by atoms with van der Waals surface area (Å²) in [6.45, 7) is 0.306. The van der Waals surface area contributed by atoms with E-state index in [1.54, 1.807) is 0 Å². The number of quaternary nitrogens is 1. The number of hydrogen-bond acceptors (Lipinski definition) is 0. The van der Waals surface area contributed by atoms with E-state index >= 15 is 0 Å². The van der Waals surface area contributed by atoms with Crippen LogP contribution in [-0.2, 0) is 0 Å². The van der Waals surface area contributed by atoms with Gasteiger partial charge in [-0.25, -0.2) is 0 Å². The van der Waals surface area contributed by atoms with Gasteiger partial charge in [-0.3, -0.25) is 0 Å². The number of halogens is 9. The Bertz CT molecular complexity index is 253. The second-order valence-corrected chi connectivity index (χ2v) is 3.17. The zero-order chi connectivity index (χ0) is 13.6. The van der Waals surface area contributed by atoms with Gasteiger partial charge in [0.2, 0.25) is 0 Å². The van der Waals surface area contributed by atoms with Gasteiger partial charge in [-0.15, -0.1) is 0 Å². The molecule has 0 rings (SSSR count). The average molecular weight is 264 g/mol. The lowest BCUT2D eigenvalue weighted by atomic mass is 9.99. The fourth-order valence-corrected chi connectivity index (χ4v) is 0.697. The maximum atomic E-state index is 12.6. The van der Waals surface area contributed by atoms with Crippen LogP contribution >= 0.6 is 0 Å². The third kappa shape index (κ3) is 1.94. The van der Waals surface area contributed by atoms with Crippen LogP contribution in [0.4, 0.5) is 39.5 Å². The molecule has 1 nitrogen and oxygen atoms in total. The molecule has 0 aliphatic rings. The van der Waals surface area contributed by atoms with E-state index in [2.05, 4.69) is 5.73 Å². The summed E-state index contributed by atoms with van der Waals surface area (Å²) in [6.07, 6.45) is -6.77. The number of alkyl halides is 9. The summed E-state index contributed by atoms with van der Waals surface area (Å²) >= 11 is 0. The minimum atomic E-state index is -6.82. The molecule has 0 radical (unpaired) electrons. The van der Waals surface area contributed by atoms with Crippen molar-refractivity contribution in [3.8, 4) is 0 Å². The molecular weight excluding hydrogens is 257 g/mol. The molecule has 0 aromatic rings. The van der Waals surface area contributed by atoms with Gasteiger partial charge in [0.1, 0.15) is 0 Å². The van der Waals surface area contributed by atoms with Crippen LogP contribution < -0.4 is 5.73 Å². The fraction of sp³-hybridized carbons (Fsp3) is 1.00. The van der Waals surface area contributed by atoms with Gasteiger partial charge in [0.25, 0.3) is 0 Å². The Balaban J connectivity index is 5.53. The van der Waals surface area contributed by atoms with Crippen LogP contribution in [0.5, 0.6) is 0 Å². The molecule has 0 heterocycles. The van der Waals surface area contributed by atoms with Crippen LogP contribution in [-0.4, -0.2) is 30.0 Å². The predicted octanol–water partition coefficient (Wildman–Crippen LogP) is 2.08. The average Bonchev–Trinajstić information content (AvgIpc) is 2.00. The molecular formula is C6H7F9N+. The van der Waals surface area contributed by atoms with E-state index in [1.165, 1.54) is 0 Å². The lowest BCUT2D eigenvalue weighted by Crippen LogP contribution is -2.75. The molecule has 0 aliphatic heterocycles. The van der Waals surface area contributed by atoms with Gasteiger partial charge in [-0.2, -0.15) is 39.5 Å². The second kappa shape index (κ2) is 3.67. The topological polar surface area (TPSA) is 27.6 Å². The highest BCUT2D eigenvalue weighted by Crippen LogP contribution is 2.53. The first kappa shape index (κ1) is 15.3. The van der Waals surface area contributed by atoms with E-state index < -0.39 is 30.0 Å². The van der Waals surface area contributed by atoms with Crippen molar-refractivity contribution in [2.45, 2.75) is 36.9 Å². The Kier molecular flexibility index (Phi) is 3.52. The molecule has 0 amide bonds. The van der Waals surface area contributed by atoms with Crippen molar-refractivity contribution >= 4 is 0 Å². The van der Waals surface area contributed by atoms with Gasteiger partial charge in [-0.05, 0) is 6.92 Å². The standard InChI is InChI=1S/C6H6F9N/c1-2(16)3(7,8)4(9,10)5(11,12)6(13,14)15/h2H,16H2,1H3/p+1. The molecule has 1 atom stereocenters. The third-order valence-corrected chi connectivity index (χ3v) is 1.79. The molecule has 0 bridgehead atoms. The molecule has 10 heteroatoms. The summed E-state index contributed by atoms with van der Waals surface area (Å²) < 4.78 is 109. The SMILES string of the molecule is CC([NH3+])C(F)(F)C(F)(F)C(F)(F)C(F)(F)F. The predicted molar refractivity (Wildman–Crippen MR) is 33.2 cm³/mol. The van der Waals surface area contributed by atoms with Crippen LogP contribution in [0.25, 0.3) is 0 Å². The van der Waals surface area contributed by atoms with Crippen LogP contribution in [0, 0.1) is 0 Å². The van der Waals surface area contributed by atoms with E-state index in [4.69, 9.17) is 0 Å². The van der Waals surface area contributed by atoms with Crippen molar-refractivity contribution in [2.24, 2.45) is 0 Å². The quantitative estimate of drug-likeness (QED) is 0.756. The summed E-state index contributed by atoms with van der Waals surface area (Å²) in [7, 11) is 0. The molecule has 16 heavy (non-hydrogen) atoms. The Morgan fingerprint density at radius 1 is 0.750 bits per heavy atom. The largest absolute Gasteiger partial charge is 0.460 e. The minimum Gasteiger partial charge on any atom is -0.350 e. The normalized spacial score (nSPS) is 17.4. The first-order valence-corrected chi connectivity index (χ1v) is 3.73. The molecule has 3 N–H and O–H groups in total. The van der Waals surface area contributed by atoms with Crippen molar-refractivity contribution in [2.75, 3.05) is 0 Å². The summed E-state index contributed by atoms with van der Waals surface area (Å²) in [5, 5.41) is 0. The number of hydrogen-bond donors (Lipinski definition) is 1. The molecule has 0 saturated carbocycles. The van der Waals surface area contributed by atoms with E-state index in [0.717, 1.165) is 0 Å². The van der Waals surface area contributed by atoms with Gasteiger partial charge >= 0.3 is 23.9 Å². The minimum absolute atomic E-state index is 0.306. The van der Waals surface area contributed by atoms with Crippen molar-refractivity contribution in [1.82, 2.24) is 0 Å². The lowest BCUT2D eigenvalue weighted by Gasteiger charge is -2.33. The summed E-state index contributed by atoms with van der Waals surface area (Å²) in [4.78, 5) is 0. The van der Waals surface area contributed by atoms with Crippen molar-refractivity contribution < 1.29 is 45.2 Å². The Labute approximate surface area is 83.4 Å². The van der Waals surface area contributed by atoms with E-state index in [9.17, 15) is 39.5 Å². The van der Waals surface area contributed by atoms with E-state index in [1.807, 2.05) is 0 Å². The monoisotopic (exact) mass is 264 g/mol. The summed E-state index contributed by atoms with van der Waals surface area (Å²) in [6, 6.07) is -2.62. The number of rotatable bonds is 3. The van der Waals surface area contributed by atoms with E-state index in [0.29, 0.717) is 6.92 Å². The highest BCUT2D eigenvalue weighted by Gasteiger charge is 2.83. The zero-order valence-electron chi connectivity index (χ0n) is 7.69. The lowest BCUT2D eigenvalue weighted by molar-refractivity contribution is -0.496. The first-order valence-electron chi connectivity index (χ1n) is 3.73. The zero-order valence-corrected chi connectivity index (χ0v) is 7.69.